The molecule has 2 unspecified atom stereocenters. The van der Waals surface area contributed by atoms with Crippen LogP contribution >= 0.6 is 11.6 Å². The van der Waals surface area contributed by atoms with Crippen molar-refractivity contribution in [2.75, 3.05) is 0 Å². The summed E-state index contributed by atoms with van der Waals surface area (Å²) in [4.78, 5) is 13.5. The minimum absolute atomic E-state index is 0.0109. The van der Waals surface area contributed by atoms with Crippen molar-refractivity contribution in [3.63, 3.8) is 0 Å². The Labute approximate surface area is 188 Å². The molecule has 1 aliphatic carbocycles. The molecule has 1 aliphatic heterocycles. The molecule has 1 heterocycles. The van der Waals surface area contributed by atoms with E-state index < -0.39 is 5.92 Å². The van der Waals surface area contributed by atoms with Crippen molar-refractivity contribution in [3.8, 4) is 11.8 Å². The SMILES string of the molecule is CC1=C(C#N)C(c2ccccc2OC(C)C)C2=C(CC(c3ccc(Cl)cc3)CC2=O)N1. The number of rotatable bonds is 4. The van der Waals surface area contributed by atoms with E-state index in [9.17, 15) is 10.1 Å². The summed E-state index contributed by atoms with van der Waals surface area (Å²) in [5.41, 5.74) is 4.90. The van der Waals surface area contributed by atoms with Crippen LogP contribution in [0.1, 0.15) is 56.6 Å². The third-order valence-corrected chi connectivity index (χ3v) is 6.13. The van der Waals surface area contributed by atoms with Gasteiger partial charge in [0.05, 0.1) is 23.7 Å². The molecule has 0 fully saturated rings. The topological polar surface area (TPSA) is 62.1 Å². The van der Waals surface area contributed by atoms with Crippen LogP contribution in [0.2, 0.25) is 5.02 Å². The van der Waals surface area contributed by atoms with Crippen LogP contribution in [0.15, 0.2) is 71.1 Å². The summed E-state index contributed by atoms with van der Waals surface area (Å²) in [5, 5.41) is 14.0. The molecule has 158 valence electrons. The second-order valence-electron chi connectivity index (χ2n) is 8.39. The monoisotopic (exact) mass is 432 g/mol. The molecule has 2 atom stereocenters. The van der Waals surface area contributed by atoms with Gasteiger partial charge in [0.15, 0.2) is 5.78 Å². The molecule has 1 N–H and O–H groups in total. The van der Waals surface area contributed by atoms with E-state index in [0.29, 0.717) is 34.8 Å². The fourth-order valence-electron chi connectivity index (χ4n) is 4.55. The quantitative estimate of drug-likeness (QED) is 0.642. The largest absolute Gasteiger partial charge is 0.491 e. The smallest absolute Gasteiger partial charge is 0.162 e. The van der Waals surface area contributed by atoms with Crippen LogP contribution in [0.5, 0.6) is 5.75 Å². The van der Waals surface area contributed by atoms with Gasteiger partial charge in [-0.25, -0.2) is 0 Å². The molecule has 0 saturated heterocycles. The minimum atomic E-state index is -0.421. The lowest BCUT2D eigenvalue weighted by Gasteiger charge is -2.36. The van der Waals surface area contributed by atoms with Crippen molar-refractivity contribution in [2.45, 2.75) is 51.6 Å². The van der Waals surface area contributed by atoms with Gasteiger partial charge in [-0.15, -0.1) is 0 Å². The maximum atomic E-state index is 13.5. The van der Waals surface area contributed by atoms with Gasteiger partial charge in [-0.1, -0.05) is 41.9 Å². The second kappa shape index (κ2) is 8.61. The Bertz CT molecular complexity index is 1120. The van der Waals surface area contributed by atoms with E-state index in [1.54, 1.807) is 0 Å². The van der Waals surface area contributed by atoms with E-state index in [4.69, 9.17) is 16.3 Å². The third-order valence-electron chi connectivity index (χ3n) is 5.88. The number of hydrogen-bond acceptors (Lipinski definition) is 4. The van der Waals surface area contributed by atoms with Gasteiger partial charge >= 0.3 is 0 Å². The molecule has 2 aliphatic rings. The molecule has 4 nitrogen and oxygen atoms in total. The van der Waals surface area contributed by atoms with Crippen LogP contribution in [0.25, 0.3) is 0 Å². The lowest BCUT2D eigenvalue weighted by Crippen LogP contribution is -2.33. The number of Topliss-reactive ketones (excluding diaryl/α,β-unsaturated/α-hetero) is 1. The van der Waals surface area contributed by atoms with E-state index in [1.165, 1.54) is 0 Å². The average molecular weight is 433 g/mol. The van der Waals surface area contributed by atoms with Crippen molar-refractivity contribution in [2.24, 2.45) is 0 Å². The summed E-state index contributed by atoms with van der Waals surface area (Å²) in [6.07, 6.45) is 1.11. The first-order valence-electron chi connectivity index (χ1n) is 10.5. The number of ether oxygens (including phenoxy) is 1. The molecule has 0 amide bonds. The minimum Gasteiger partial charge on any atom is -0.491 e. The van der Waals surface area contributed by atoms with Crippen LogP contribution in [-0.4, -0.2) is 11.9 Å². The van der Waals surface area contributed by atoms with E-state index >= 15 is 0 Å². The highest BCUT2D eigenvalue weighted by molar-refractivity contribution is 6.30. The van der Waals surface area contributed by atoms with Gasteiger partial charge in [-0.2, -0.15) is 5.26 Å². The standard InChI is InChI=1S/C26H25ClN2O2/c1-15(2)31-24-7-5-4-6-20(24)25-21(14-28)16(3)29-22-12-18(13-23(30)26(22)25)17-8-10-19(27)11-9-17/h4-11,15,18,25,29H,12-13H2,1-3H3. The van der Waals surface area contributed by atoms with Gasteiger partial charge in [0, 0.05) is 34.0 Å². The van der Waals surface area contributed by atoms with Crippen LogP contribution in [0.4, 0.5) is 0 Å². The van der Waals surface area contributed by atoms with Gasteiger partial charge in [-0.3, -0.25) is 4.79 Å². The van der Waals surface area contributed by atoms with Gasteiger partial charge in [0.25, 0.3) is 0 Å². The lowest BCUT2D eigenvalue weighted by atomic mass is 9.72. The highest BCUT2D eigenvalue weighted by Gasteiger charge is 2.40. The Morgan fingerprint density at radius 3 is 2.52 bits per heavy atom. The van der Waals surface area contributed by atoms with Gasteiger partial charge in [0.1, 0.15) is 5.75 Å². The summed E-state index contributed by atoms with van der Waals surface area (Å²) in [6.45, 7) is 5.84. The average Bonchev–Trinajstić information content (AvgIpc) is 2.73. The van der Waals surface area contributed by atoms with Crippen molar-refractivity contribution >= 4 is 17.4 Å². The maximum absolute atomic E-state index is 13.5. The number of nitrogens with zero attached hydrogens (tertiary/aromatic N) is 1. The van der Waals surface area contributed by atoms with Crippen LogP contribution in [-0.2, 0) is 4.79 Å². The van der Waals surface area contributed by atoms with Gasteiger partial charge in [0.2, 0.25) is 0 Å². The maximum Gasteiger partial charge on any atom is 0.162 e. The highest BCUT2D eigenvalue weighted by atomic mass is 35.5. The number of hydrogen-bond donors (Lipinski definition) is 1. The second-order valence-corrected chi connectivity index (χ2v) is 8.82. The first kappa shape index (κ1) is 21.2. The molecule has 0 bridgehead atoms. The summed E-state index contributed by atoms with van der Waals surface area (Å²) in [5.74, 6) is 0.438. The molecule has 0 aromatic heterocycles. The number of nitriles is 1. The van der Waals surface area contributed by atoms with Crippen LogP contribution < -0.4 is 10.1 Å². The summed E-state index contributed by atoms with van der Waals surface area (Å²) in [7, 11) is 0. The first-order chi connectivity index (χ1) is 14.9. The van der Waals surface area contributed by atoms with Gasteiger partial charge < -0.3 is 10.1 Å². The van der Waals surface area contributed by atoms with Crippen molar-refractivity contribution in [1.82, 2.24) is 5.32 Å². The predicted molar refractivity (Wildman–Crippen MR) is 122 cm³/mol. The zero-order valence-corrected chi connectivity index (χ0v) is 18.7. The predicted octanol–water partition coefficient (Wildman–Crippen LogP) is 6.01. The summed E-state index contributed by atoms with van der Waals surface area (Å²) >= 11 is 6.04. The molecule has 0 spiro atoms. The number of carbonyl (C=O) groups is 1. The molecule has 0 saturated carbocycles. The normalized spacial score (nSPS) is 21.0. The highest BCUT2D eigenvalue weighted by Crippen LogP contribution is 2.47. The van der Waals surface area contributed by atoms with Crippen molar-refractivity contribution in [1.29, 1.82) is 5.26 Å². The van der Waals surface area contributed by atoms with Gasteiger partial charge in [-0.05, 0) is 56.9 Å². The fraction of sp³-hybridized carbons (Fsp3) is 0.308. The number of para-hydroxylation sites is 1. The Morgan fingerprint density at radius 1 is 1.13 bits per heavy atom. The third kappa shape index (κ3) is 4.11. The van der Waals surface area contributed by atoms with E-state index in [2.05, 4.69) is 11.4 Å². The van der Waals surface area contributed by atoms with E-state index in [-0.39, 0.29) is 17.8 Å². The molecular formula is C26H25ClN2O2. The molecule has 4 rings (SSSR count). The van der Waals surface area contributed by atoms with Crippen molar-refractivity contribution in [3.05, 3.63) is 87.2 Å². The van der Waals surface area contributed by atoms with Crippen LogP contribution in [0, 0.1) is 11.3 Å². The fourth-order valence-corrected chi connectivity index (χ4v) is 4.67. The zero-order valence-electron chi connectivity index (χ0n) is 17.9. The number of benzene rings is 2. The molecule has 2 aromatic rings. The van der Waals surface area contributed by atoms with E-state index in [0.717, 1.165) is 22.5 Å². The lowest BCUT2D eigenvalue weighted by molar-refractivity contribution is -0.116. The van der Waals surface area contributed by atoms with E-state index in [1.807, 2.05) is 69.3 Å². The number of carbonyl (C=O) groups excluding carboxylic acids is 1. The number of halogens is 1. The number of ketones is 1. The van der Waals surface area contributed by atoms with Crippen LogP contribution in [0.3, 0.4) is 0 Å². The van der Waals surface area contributed by atoms with Crippen molar-refractivity contribution < 1.29 is 9.53 Å². The summed E-state index contributed by atoms with van der Waals surface area (Å²) < 4.78 is 6.04. The number of nitrogens with one attached hydrogen (secondary N) is 1. The molecule has 2 aromatic carbocycles. The Kier molecular flexibility index (Phi) is 5.89. The Morgan fingerprint density at radius 2 is 1.84 bits per heavy atom. The molecule has 5 heteroatoms. The Balaban J connectivity index is 1.80. The molecular weight excluding hydrogens is 408 g/mol. The molecule has 0 radical (unpaired) electrons. The number of dihydropyridines is 1. The number of allylic oxidation sites excluding steroid dienone is 4. The summed E-state index contributed by atoms with van der Waals surface area (Å²) in [6, 6.07) is 17.8. The zero-order chi connectivity index (χ0) is 22.1. The Hall–Kier alpha value is -3.03. The molecule has 31 heavy (non-hydrogen) atoms. The first-order valence-corrected chi connectivity index (χ1v) is 10.9.